The van der Waals surface area contributed by atoms with Crippen molar-refractivity contribution >= 4 is 5.97 Å². The summed E-state index contributed by atoms with van der Waals surface area (Å²) in [5.41, 5.74) is 1.00. The third-order valence-corrected chi connectivity index (χ3v) is 3.43. The Morgan fingerprint density at radius 1 is 1.26 bits per heavy atom. The zero-order chi connectivity index (χ0) is 14.3. The molecule has 0 unspecified atom stereocenters. The molecule has 0 spiro atoms. The van der Waals surface area contributed by atoms with E-state index in [0.717, 1.165) is 18.4 Å². The number of rotatable bonds is 7. The van der Waals surface area contributed by atoms with Crippen molar-refractivity contribution in [2.75, 3.05) is 14.1 Å². The maximum atomic E-state index is 11.9. The monoisotopic (exact) mass is 263 g/mol. The Balaban J connectivity index is 2.45. The standard InChI is InChI=1S/C16H25NO2/c1-5-15(11-13(2)17(3)4)19-16(18)12-14-9-7-6-8-10-14/h6-10,13,15H,5,11-12H2,1-4H3/t13-,15-/m0/s1. The molecule has 0 heterocycles. The second-order valence-corrected chi connectivity index (χ2v) is 5.23. The molecule has 0 radical (unpaired) electrons. The third kappa shape index (κ3) is 5.88. The van der Waals surface area contributed by atoms with Crippen molar-refractivity contribution in [2.45, 2.75) is 45.3 Å². The molecule has 3 nitrogen and oxygen atoms in total. The van der Waals surface area contributed by atoms with E-state index in [1.54, 1.807) is 0 Å². The second-order valence-electron chi connectivity index (χ2n) is 5.23. The number of carbonyl (C=O) groups is 1. The van der Waals surface area contributed by atoms with E-state index < -0.39 is 0 Å². The van der Waals surface area contributed by atoms with Crippen molar-refractivity contribution < 1.29 is 9.53 Å². The Morgan fingerprint density at radius 3 is 2.42 bits per heavy atom. The number of esters is 1. The molecule has 0 N–H and O–H groups in total. The molecule has 1 aromatic rings. The van der Waals surface area contributed by atoms with Crippen molar-refractivity contribution in [3.63, 3.8) is 0 Å². The van der Waals surface area contributed by atoms with Gasteiger partial charge in [0, 0.05) is 6.04 Å². The quantitative estimate of drug-likeness (QED) is 0.708. The summed E-state index contributed by atoms with van der Waals surface area (Å²) in [6.45, 7) is 4.20. The van der Waals surface area contributed by atoms with Crippen molar-refractivity contribution in [3.8, 4) is 0 Å². The average Bonchev–Trinajstić information content (AvgIpc) is 2.38. The Bertz CT molecular complexity index is 376. The van der Waals surface area contributed by atoms with Crippen LogP contribution >= 0.6 is 0 Å². The third-order valence-electron chi connectivity index (χ3n) is 3.43. The number of benzene rings is 1. The lowest BCUT2D eigenvalue weighted by Crippen LogP contribution is -2.31. The molecule has 0 saturated carbocycles. The number of carbonyl (C=O) groups excluding carboxylic acids is 1. The first-order valence-corrected chi connectivity index (χ1v) is 6.92. The largest absolute Gasteiger partial charge is 0.462 e. The minimum Gasteiger partial charge on any atom is -0.462 e. The van der Waals surface area contributed by atoms with Gasteiger partial charge < -0.3 is 9.64 Å². The van der Waals surface area contributed by atoms with Gasteiger partial charge in [-0.05, 0) is 39.4 Å². The number of hydrogen-bond donors (Lipinski definition) is 0. The van der Waals surface area contributed by atoms with Gasteiger partial charge in [-0.15, -0.1) is 0 Å². The number of hydrogen-bond acceptors (Lipinski definition) is 3. The summed E-state index contributed by atoms with van der Waals surface area (Å²) in [5, 5.41) is 0. The van der Waals surface area contributed by atoms with Crippen LogP contribution in [0.15, 0.2) is 30.3 Å². The van der Waals surface area contributed by atoms with Crippen LogP contribution in [0.5, 0.6) is 0 Å². The Kier molecular flexibility index (Phi) is 6.57. The van der Waals surface area contributed by atoms with Gasteiger partial charge in [0.2, 0.25) is 0 Å². The summed E-state index contributed by atoms with van der Waals surface area (Å²) in [7, 11) is 4.09. The lowest BCUT2D eigenvalue weighted by Gasteiger charge is -2.24. The van der Waals surface area contributed by atoms with E-state index in [1.807, 2.05) is 44.4 Å². The lowest BCUT2D eigenvalue weighted by atomic mass is 10.1. The van der Waals surface area contributed by atoms with Crippen LogP contribution in [0.3, 0.4) is 0 Å². The maximum Gasteiger partial charge on any atom is 0.310 e. The molecular formula is C16H25NO2. The van der Waals surface area contributed by atoms with E-state index in [0.29, 0.717) is 12.5 Å². The van der Waals surface area contributed by atoms with Crippen LogP contribution in [0.25, 0.3) is 0 Å². The predicted octanol–water partition coefficient (Wildman–Crippen LogP) is 2.89. The molecule has 0 bridgehead atoms. The van der Waals surface area contributed by atoms with Gasteiger partial charge in [-0.2, -0.15) is 0 Å². The summed E-state index contributed by atoms with van der Waals surface area (Å²) in [6.07, 6.45) is 2.10. The summed E-state index contributed by atoms with van der Waals surface area (Å²) in [5.74, 6) is -0.135. The molecule has 0 aliphatic heterocycles. The van der Waals surface area contributed by atoms with E-state index in [1.165, 1.54) is 0 Å². The minimum atomic E-state index is -0.135. The van der Waals surface area contributed by atoms with Gasteiger partial charge in [-0.25, -0.2) is 0 Å². The molecule has 3 heteroatoms. The second kappa shape index (κ2) is 7.95. The van der Waals surface area contributed by atoms with Crippen LogP contribution in [-0.2, 0) is 16.0 Å². The molecule has 19 heavy (non-hydrogen) atoms. The fourth-order valence-corrected chi connectivity index (χ4v) is 1.88. The molecule has 0 saturated heterocycles. The van der Waals surface area contributed by atoms with Gasteiger partial charge in [-0.1, -0.05) is 37.3 Å². The molecule has 1 aromatic carbocycles. The zero-order valence-corrected chi connectivity index (χ0v) is 12.4. The fraction of sp³-hybridized carbons (Fsp3) is 0.562. The molecule has 1 rings (SSSR count). The van der Waals surface area contributed by atoms with Crippen molar-refractivity contribution in [1.29, 1.82) is 0 Å². The van der Waals surface area contributed by atoms with Crippen LogP contribution in [0.2, 0.25) is 0 Å². The smallest absolute Gasteiger partial charge is 0.310 e. The molecule has 0 aliphatic carbocycles. The molecule has 0 aliphatic rings. The van der Waals surface area contributed by atoms with E-state index in [4.69, 9.17) is 4.74 Å². The normalized spacial score (nSPS) is 14.2. The molecule has 2 atom stereocenters. The molecule has 0 aromatic heterocycles. The van der Waals surface area contributed by atoms with Gasteiger partial charge >= 0.3 is 5.97 Å². The summed E-state index contributed by atoms with van der Waals surface area (Å²) < 4.78 is 5.56. The highest BCUT2D eigenvalue weighted by Crippen LogP contribution is 2.12. The summed E-state index contributed by atoms with van der Waals surface area (Å²) in [6, 6.07) is 10.1. The highest BCUT2D eigenvalue weighted by molar-refractivity contribution is 5.72. The van der Waals surface area contributed by atoms with E-state index in [-0.39, 0.29) is 12.1 Å². The number of ether oxygens (including phenoxy) is 1. The minimum absolute atomic E-state index is 0.00797. The average molecular weight is 263 g/mol. The topological polar surface area (TPSA) is 29.5 Å². The van der Waals surface area contributed by atoms with Gasteiger partial charge in [0.25, 0.3) is 0 Å². The van der Waals surface area contributed by atoms with Crippen LogP contribution in [0, 0.1) is 0 Å². The summed E-state index contributed by atoms with van der Waals surface area (Å²) in [4.78, 5) is 14.0. The first kappa shape index (κ1) is 15.7. The van der Waals surface area contributed by atoms with Crippen LogP contribution < -0.4 is 0 Å². The highest BCUT2D eigenvalue weighted by atomic mass is 16.5. The Morgan fingerprint density at radius 2 is 1.89 bits per heavy atom. The Hall–Kier alpha value is -1.35. The fourth-order valence-electron chi connectivity index (χ4n) is 1.88. The van der Waals surface area contributed by atoms with E-state index >= 15 is 0 Å². The number of nitrogens with zero attached hydrogens (tertiary/aromatic N) is 1. The van der Waals surface area contributed by atoms with E-state index in [9.17, 15) is 4.79 Å². The molecule has 106 valence electrons. The van der Waals surface area contributed by atoms with Crippen LogP contribution in [0.4, 0.5) is 0 Å². The molecule has 0 amide bonds. The van der Waals surface area contributed by atoms with Gasteiger partial charge in [0.15, 0.2) is 0 Å². The molecule has 0 fully saturated rings. The first-order valence-electron chi connectivity index (χ1n) is 6.92. The molecular weight excluding hydrogens is 238 g/mol. The maximum absolute atomic E-state index is 11.9. The van der Waals surface area contributed by atoms with Crippen molar-refractivity contribution in [3.05, 3.63) is 35.9 Å². The first-order chi connectivity index (χ1) is 9.02. The van der Waals surface area contributed by atoms with Crippen molar-refractivity contribution in [2.24, 2.45) is 0 Å². The highest BCUT2D eigenvalue weighted by Gasteiger charge is 2.17. The van der Waals surface area contributed by atoms with Crippen LogP contribution in [0.1, 0.15) is 32.3 Å². The zero-order valence-electron chi connectivity index (χ0n) is 12.4. The van der Waals surface area contributed by atoms with Gasteiger partial charge in [-0.3, -0.25) is 4.79 Å². The van der Waals surface area contributed by atoms with Crippen molar-refractivity contribution in [1.82, 2.24) is 4.90 Å². The Labute approximate surface area is 116 Å². The SMILES string of the molecule is CC[C@@H](C[C@H](C)N(C)C)OC(=O)Cc1ccccc1. The van der Waals surface area contributed by atoms with Crippen LogP contribution in [-0.4, -0.2) is 37.1 Å². The predicted molar refractivity (Wildman–Crippen MR) is 78.1 cm³/mol. The summed E-state index contributed by atoms with van der Waals surface area (Å²) >= 11 is 0. The van der Waals surface area contributed by atoms with E-state index in [2.05, 4.69) is 18.7 Å². The lowest BCUT2D eigenvalue weighted by molar-refractivity contribution is -0.149. The van der Waals surface area contributed by atoms with Gasteiger partial charge in [0.1, 0.15) is 6.10 Å². The van der Waals surface area contributed by atoms with Gasteiger partial charge in [0.05, 0.1) is 6.42 Å².